The lowest BCUT2D eigenvalue weighted by Gasteiger charge is -2.22. The van der Waals surface area contributed by atoms with Gasteiger partial charge in [-0.1, -0.05) is 30.3 Å². The molecule has 1 N–H and O–H groups in total. The van der Waals surface area contributed by atoms with Crippen molar-refractivity contribution in [3.63, 3.8) is 0 Å². The maximum absolute atomic E-state index is 14.5. The van der Waals surface area contributed by atoms with Crippen LogP contribution in [0.2, 0.25) is 0 Å². The molecule has 0 saturated carbocycles. The average molecular weight is 410 g/mol. The third-order valence-corrected chi connectivity index (χ3v) is 5.26. The Balaban J connectivity index is 1.58. The van der Waals surface area contributed by atoms with Gasteiger partial charge in [0.1, 0.15) is 23.5 Å². The molecule has 1 saturated heterocycles. The Morgan fingerprint density at radius 2 is 1.83 bits per heavy atom. The lowest BCUT2D eigenvalue weighted by atomic mass is 10.0. The van der Waals surface area contributed by atoms with Crippen molar-refractivity contribution in [1.29, 1.82) is 0 Å². The summed E-state index contributed by atoms with van der Waals surface area (Å²) in [4.78, 5) is 31.0. The molecule has 2 aromatic carbocycles. The predicted molar refractivity (Wildman–Crippen MR) is 106 cm³/mol. The van der Waals surface area contributed by atoms with Gasteiger partial charge in [-0.15, -0.1) is 0 Å². The van der Waals surface area contributed by atoms with Crippen molar-refractivity contribution >= 4 is 17.5 Å². The van der Waals surface area contributed by atoms with Crippen LogP contribution in [0.1, 0.15) is 23.9 Å². The number of benzene rings is 2. The van der Waals surface area contributed by atoms with Gasteiger partial charge in [-0.25, -0.2) is 13.8 Å². The maximum atomic E-state index is 14.5. The van der Waals surface area contributed by atoms with Crippen molar-refractivity contribution in [2.75, 3.05) is 11.4 Å². The summed E-state index contributed by atoms with van der Waals surface area (Å²) in [6, 6.07) is 11.3. The second kappa shape index (κ2) is 8.06. The van der Waals surface area contributed by atoms with Crippen molar-refractivity contribution in [2.45, 2.75) is 12.5 Å². The summed E-state index contributed by atoms with van der Waals surface area (Å²) in [5, 5.41) is 2.83. The highest BCUT2D eigenvalue weighted by Crippen LogP contribution is 2.29. The van der Waals surface area contributed by atoms with Crippen LogP contribution >= 0.6 is 0 Å². The van der Waals surface area contributed by atoms with E-state index in [1.165, 1.54) is 29.2 Å². The number of nitrogens with zero attached hydrogens (tertiary/aromatic N) is 3. The van der Waals surface area contributed by atoms with Gasteiger partial charge in [0.25, 0.3) is 0 Å². The van der Waals surface area contributed by atoms with Crippen LogP contribution < -0.4 is 10.2 Å². The molecular formula is C22H20F2N4O2. The molecular weight excluding hydrogens is 390 g/mol. The Morgan fingerprint density at radius 1 is 1.13 bits per heavy atom. The van der Waals surface area contributed by atoms with E-state index in [-0.39, 0.29) is 30.1 Å². The summed E-state index contributed by atoms with van der Waals surface area (Å²) in [5.74, 6) is -1.97. The first kappa shape index (κ1) is 19.8. The van der Waals surface area contributed by atoms with Crippen LogP contribution in [0.25, 0.3) is 0 Å². The number of nitrogens with one attached hydrogen (secondary N) is 1. The van der Waals surface area contributed by atoms with E-state index in [4.69, 9.17) is 0 Å². The molecule has 3 aromatic rings. The van der Waals surface area contributed by atoms with Crippen LogP contribution in [-0.4, -0.2) is 27.9 Å². The van der Waals surface area contributed by atoms with E-state index in [9.17, 15) is 18.4 Å². The number of hydrogen-bond donors (Lipinski definition) is 1. The van der Waals surface area contributed by atoms with Gasteiger partial charge < -0.3 is 14.8 Å². The topological polar surface area (TPSA) is 67.2 Å². The molecule has 0 spiro atoms. The summed E-state index contributed by atoms with van der Waals surface area (Å²) in [6.07, 6.45) is 3.22. The molecule has 0 radical (unpaired) electrons. The highest BCUT2D eigenvalue weighted by molar-refractivity contribution is 6.00. The summed E-state index contributed by atoms with van der Waals surface area (Å²) in [6.45, 7) is 0.0517. The van der Waals surface area contributed by atoms with Gasteiger partial charge in [0.2, 0.25) is 11.8 Å². The monoisotopic (exact) mass is 410 g/mol. The summed E-state index contributed by atoms with van der Waals surface area (Å²) in [7, 11) is 1.75. The Morgan fingerprint density at radius 3 is 2.50 bits per heavy atom. The van der Waals surface area contributed by atoms with E-state index in [1.807, 2.05) is 0 Å². The first-order valence-electron chi connectivity index (χ1n) is 9.52. The van der Waals surface area contributed by atoms with Gasteiger partial charge in [0.15, 0.2) is 0 Å². The summed E-state index contributed by atoms with van der Waals surface area (Å²) < 4.78 is 30.3. The molecule has 2 unspecified atom stereocenters. The minimum Gasteiger partial charge on any atom is -0.342 e. The third kappa shape index (κ3) is 3.68. The standard InChI is InChI=1S/C22H20F2N4O2/c1-27-11-10-25-21(27)20(15-6-2-3-7-16(15)23)26-22(30)14-12-19(29)28(13-14)18-9-5-4-8-17(18)24/h2-11,14,20H,12-13H2,1H3,(H,26,30). The van der Waals surface area contributed by atoms with Crippen molar-refractivity contribution in [1.82, 2.24) is 14.9 Å². The van der Waals surface area contributed by atoms with Crippen molar-refractivity contribution in [3.05, 3.63) is 83.9 Å². The number of amides is 2. The predicted octanol–water partition coefficient (Wildman–Crippen LogP) is 2.96. The number of halogens is 2. The molecule has 1 fully saturated rings. The summed E-state index contributed by atoms with van der Waals surface area (Å²) >= 11 is 0. The SMILES string of the molecule is Cn1ccnc1C(NC(=O)C1CC(=O)N(c2ccccc2F)C1)c1ccccc1F. The van der Waals surface area contributed by atoms with E-state index < -0.39 is 29.5 Å². The van der Waals surface area contributed by atoms with Crippen LogP contribution in [0.4, 0.5) is 14.5 Å². The van der Waals surface area contributed by atoms with Gasteiger partial charge in [-0.05, 0) is 18.2 Å². The van der Waals surface area contributed by atoms with Gasteiger partial charge in [-0.3, -0.25) is 9.59 Å². The maximum Gasteiger partial charge on any atom is 0.227 e. The van der Waals surface area contributed by atoms with Crippen molar-refractivity contribution < 1.29 is 18.4 Å². The van der Waals surface area contributed by atoms with Crippen LogP contribution in [0.5, 0.6) is 0 Å². The number of hydrogen-bond acceptors (Lipinski definition) is 3. The zero-order valence-corrected chi connectivity index (χ0v) is 16.3. The molecule has 154 valence electrons. The number of imidazole rings is 1. The second-order valence-corrected chi connectivity index (χ2v) is 7.22. The molecule has 1 aliphatic rings. The van der Waals surface area contributed by atoms with Gasteiger partial charge >= 0.3 is 0 Å². The van der Waals surface area contributed by atoms with Gasteiger partial charge in [0, 0.05) is 38.0 Å². The Hall–Kier alpha value is -3.55. The Kier molecular flexibility index (Phi) is 5.31. The first-order valence-corrected chi connectivity index (χ1v) is 9.52. The first-order chi connectivity index (χ1) is 14.5. The molecule has 6 nitrogen and oxygen atoms in total. The van der Waals surface area contributed by atoms with Gasteiger partial charge in [-0.2, -0.15) is 0 Å². The molecule has 4 rings (SSSR count). The van der Waals surface area contributed by atoms with E-state index in [2.05, 4.69) is 10.3 Å². The highest BCUT2D eigenvalue weighted by atomic mass is 19.1. The lowest BCUT2D eigenvalue weighted by molar-refractivity contribution is -0.126. The van der Waals surface area contributed by atoms with Crippen LogP contribution in [0, 0.1) is 17.6 Å². The quantitative estimate of drug-likeness (QED) is 0.703. The fraction of sp³-hybridized carbons (Fsp3) is 0.227. The van der Waals surface area contributed by atoms with E-state index >= 15 is 0 Å². The Labute approximate surface area is 172 Å². The van der Waals surface area contributed by atoms with Crippen molar-refractivity contribution in [3.8, 4) is 0 Å². The number of aromatic nitrogens is 2. The molecule has 1 aromatic heterocycles. The zero-order chi connectivity index (χ0) is 21.3. The number of rotatable bonds is 5. The number of carbonyl (C=O) groups excluding carboxylic acids is 2. The minimum absolute atomic E-state index is 0.0509. The molecule has 0 aliphatic carbocycles. The molecule has 30 heavy (non-hydrogen) atoms. The van der Waals surface area contributed by atoms with E-state index in [0.717, 1.165) is 0 Å². The lowest BCUT2D eigenvalue weighted by Crippen LogP contribution is -2.37. The number of carbonyl (C=O) groups is 2. The van der Waals surface area contributed by atoms with Crippen LogP contribution in [0.15, 0.2) is 60.9 Å². The Bertz CT molecular complexity index is 1100. The number of anilines is 1. The zero-order valence-electron chi connectivity index (χ0n) is 16.3. The van der Waals surface area contributed by atoms with Crippen LogP contribution in [-0.2, 0) is 16.6 Å². The normalized spacial score (nSPS) is 17.2. The van der Waals surface area contributed by atoms with Gasteiger partial charge in [0.05, 0.1) is 11.6 Å². The smallest absolute Gasteiger partial charge is 0.227 e. The molecule has 8 heteroatoms. The second-order valence-electron chi connectivity index (χ2n) is 7.22. The van der Waals surface area contributed by atoms with E-state index in [0.29, 0.717) is 5.82 Å². The van der Waals surface area contributed by atoms with E-state index in [1.54, 1.807) is 48.3 Å². The molecule has 2 amide bonds. The fourth-order valence-corrected chi connectivity index (χ4v) is 3.69. The molecule has 2 heterocycles. The average Bonchev–Trinajstić information content (AvgIpc) is 3.33. The molecule has 1 aliphatic heterocycles. The highest BCUT2D eigenvalue weighted by Gasteiger charge is 2.37. The third-order valence-electron chi connectivity index (χ3n) is 5.26. The summed E-state index contributed by atoms with van der Waals surface area (Å²) in [5.41, 5.74) is 0.419. The fourth-order valence-electron chi connectivity index (χ4n) is 3.69. The molecule has 0 bridgehead atoms. The number of para-hydroxylation sites is 1. The minimum atomic E-state index is -0.823. The largest absolute Gasteiger partial charge is 0.342 e. The number of aryl methyl sites for hydroxylation is 1. The molecule has 2 atom stereocenters. The van der Waals surface area contributed by atoms with Crippen molar-refractivity contribution in [2.24, 2.45) is 13.0 Å². The van der Waals surface area contributed by atoms with Crippen LogP contribution in [0.3, 0.4) is 0 Å².